The minimum Gasteiger partial charge on any atom is -0.312 e. The molecule has 2 atom stereocenters. The van der Waals surface area contributed by atoms with Crippen LogP contribution in [-0.2, 0) is 6.54 Å². The van der Waals surface area contributed by atoms with Crippen molar-refractivity contribution in [2.24, 2.45) is 5.92 Å². The number of benzene rings is 1. The lowest BCUT2D eigenvalue weighted by molar-refractivity contribution is 0.348. The van der Waals surface area contributed by atoms with Gasteiger partial charge in [0.15, 0.2) is 0 Å². The van der Waals surface area contributed by atoms with Gasteiger partial charge >= 0.3 is 0 Å². The molecule has 0 spiro atoms. The van der Waals surface area contributed by atoms with Crippen LogP contribution in [0.1, 0.15) is 31.2 Å². The van der Waals surface area contributed by atoms with Crippen molar-refractivity contribution in [3.05, 3.63) is 34.3 Å². The molecule has 17 heavy (non-hydrogen) atoms. The Labute approximate surface area is 117 Å². The summed E-state index contributed by atoms with van der Waals surface area (Å²) in [6, 6.07) is 8.44. The van der Waals surface area contributed by atoms with E-state index in [0.29, 0.717) is 11.3 Å². The van der Waals surface area contributed by atoms with Crippen LogP contribution in [0.15, 0.2) is 28.7 Å². The Morgan fingerprint density at radius 1 is 1.29 bits per heavy atom. The first-order valence-corrected chi connectivity index (χ1v) is 7.58. The third-order valence-corrected chi connectivity index (χ3v) is 4.51. The van der Waals surface area contributed by atoms with E-state index >= 15 is 0 Å². The summed E-state index contributed by atoms with van der Waals surface area (Å²) in [6.07, 6.45) is 5.10. The van der Waals surface area contributed by atoms with Crippen molar-refractivity contribution < 1.29 is 0 Å². The number of hydrogen-bond acceptors (Lipinski definition) is 1. The minimum absolute atomic E-state index is 0.374. The first-order chi connectivity index (χ1) is 8.25. The van der Waals surface area contributed by atoms with Crippen LogP contribution in [0.3, 0.4) is 0 Å². The fourth-order valence-corrected chi connectivity index (χ4v) is 3.26. The molecule has 0 radical (unpaired) electrons. The third kappa shape index (κ3) is 4.27. The maximum Gasteiger partial charge on any atom is 0.0376 e. The van der Waals surface area contributed by atoms with Gasteiger partial charge in [0.25, 0.3) is 0 Å². The molecule has 1 aliphatic rings. The van der Waals surface area contributed by atoms with Crippen LogP contribution in [-0.4, -0.2) is 11.9 Å². The quantitative estimate of drug-likeness (QED) is 0.815. The fraction of sp³-hybridized carbons (Fsp3) is 0.571. The first kappa shape index (κ1) is 13.4. The van der Waals surface area contributed by atoms with Crippen LogP contribution in [0.4, 0.5) is 0 Å². The molecule has 2 unspecified atom stereocenters. The van der Waals surface area contributed by atoms with E-state index in [4.69, 9.17) is 11.6 Å². The SMILES string of the molecule is ClC1CCCCC1CNCc1cccc(Br)c1. The van der Waals surface area contributed by atoms with Gasteiger partial charge in [0, 0.05) is 16.4 Å². The second-order valence-corrected chi connectivity index (χ2v) is 6.30. The smallest absolute Gasteiger partial charge is 0.0376 e. The van der Waals surface area contributed by atoms with Crippen molar-refractivity contribution >= 4 is 27.5 Å². The fourth-order valence-electron chi connectivity index (χ4n) is 2.44. The molecule has 3 heteroatoms. The molecule has 2 rings (SSSR count). The van der Waals surface area contributed by atoms with Gasteiger partial charge in [-0.1, -0.05) is 40.9 Å². The monoisotopic (exact) mass is 315 g/mol. The lowest BCUT2D eigenvalue weighted by Gasteiger charge is -2.27. The largest absolute Gasteiger partial charge is 0.312 e. The highest BCUT2D eigenvalue weighted by Gasteiger charge is 2.22. The standard InChI is InChI=1S/C14H19BrClN/c15-13-6-3-4-11(8-13)9-17-10-12-5-1-2-7-14(12)16/h3-4,6,8,12,14,17H,1-2,5,7,9-10H2. The molecule has 1 N–H and O–H groups in total. The van der Waals surface area contributed by atoms with Crippen molar-refractivity contribution in [3.8, 4) is 0 Å². The maximum absolute atomic E-state index is 6.34. The van der Waals surface area contributed by atoms with Gasteiger partial charge in [-0.15, -0.1) is 11.6 Å². The Bertz CT molecular complexity index is 356. The molecule has 0 heterocycles. The van der Waals surface area contributed by atoms with Crippen molar-refractivity contribution in [1.82, 2.24) is 5.32 Å². The number of hydrogen-bond donors (Lipinski definition) is 1. The van der Waals surface area contributed by atoms with E-state index in [1.54, 1.807) is 0 Å². The first-order valence-electron chi connectivity index (χ1n) is 6.35. The molecule has 1 aromatic rings. The van der Waals surface area contributed by atoms with E-state index in [1.807, 2.05) is 0 Å². The van der Waals surface area contributed by atoms with Crippen molar-refractivity contribution in [1.29, 1.82) is 0 Å². The van der Waals surface area contributed by atoms with Gasteiger partial charge < -0.3 is 5.32 Å². The summed E-state index contributed by atoms with van der Waals surface area (Å²) in [4.78, 5) is 0. The van der Waals surface area contributed by atoms with Gasteiger partial charge in [-0.25, -0.2) is 0 Å². The van der Waals surface area contributed by atoms with Crippen LogP contribution in [0, 0.1) is 5.92 Å². The molecule has 0 amide bonds. The molecular weight excluding hydrogens is 298 g/mol. The normalized spacial score (nSPS) is 24.8. The zero-order chi connectivity index (χ0) is 12.1. The van der Waals surface area contributed by atoms with Crippen LogP contribution in [0.2, 0.25) is 0 Å². The van der Waals surface area contributed by atoms with E-state index in [-0.39, 0.29) is 0 Å². The van der Waals surface area contributed by atoms with Crippen LogP contribution < -0.4 is 5.32 Å². The summed E-state index contributed by atoms with van der Waals surface area (Å²) in [5, 5.41) is 3.90. The van der Waals surface area contributed by atoms with E-state index < -0.39 is 0 Å². The summed E-state index contributed by atoms with van der Waals surface area (Å²) in [7, 11) is 0. The summed E-state index contributed by atoms with van der Waals surface area (Å²) >= 11 is 9.83. The van der Waals surface area contributed by atoms with Crippen LogP contribution >= 0.6 is 27.5 Å². The Morgan fingerprint density at radius 2 is 2.12 bits per heavy atom. The predicted octanol–water partition coefficient (Wildman–Crippen LogP) is 4.34. The zero-order valence-electron chi connectivity index (χ0n) is 9.96. The van der Waals surface area contributed by atoms with E-state index in [1.165, 1.54) is 31.2 Å². The number of alkyl halides is 1. The van der Waals surface area contributed by atoms with Crippen LogP contribution in [0.25, 0.3) is 0 Å². The predicted molar refractivity (Wildman–Crippen MR) is 77.4 cm³/mol. The van der Waals surface area contributed by atoms with Gasteiger partial charge in [0.1, 0.15) is 0 Å². The molecular formula is C14H19BrClN. The summed E-state index contributed by atoms with van der Waals surface area (Å²) in [6.45, 7) is 1.97. The molecule has 1 nitrogen and oxygen atoms in total. The second kappa shape index (κ2) is 6.77. The molecule has 1 aromatic carbocycles. The number of rotatable bonds is 4. The highest BCUT2D eigenvalue weighted by Crippen LogP contribution is 2.28. The van der Waals surface area contributed by atoms with Gasteiger partial charge in [-0.3, -0.25) is 0 Å². The van der Waals surface area contributed by atoms with Crippen molar-refractivity contribution in [2.75, 3.05) is 6.54 Å². The minimum atomic E-state index is 0.374. The average Bonchev–Trinajstić information content (AvgIpc) is 2.32. The summed E-state index contributed by atoms with van der Waals surface area (Å²) in [5.74, 6) is 0.651. The average molecular weight is 317 g/mol. The van der Waals surface area contributed by atoms with Gasteiger partial charge in [0.2, 0.25) is 0 Å². The number of halogens is 2. The molecule has 94 valence electrons. The van der Waals surface area contributed by atoms with Gasteiger partial charge in [-0.2, -0.15) is 0 Å². The molecule has 0 aromatic heterocycles. The Kier molecular flexibility index (Phi) is 5.33. The van der Waals surface area contributed by atoms with Crippen molar-refractivity contribution in [2.45, 2.75) is 37.6 Å². The van der Waals surface area contributed by atoms with Crippen LogP contribution in [0.5, 0.6) is 0 Å². The zero-order valence-corrected chi connectivity index (χ0v) is 12.3. The van der Waals surface area contributed by atoms with E-state index in [0.717, 1.165) is 17.6 Å². The Hall–Kier alpha value is -0.0500. The highest BCUT2D eigenvalue weighted by molar-refractivity contribution is 9.10. The molecule has 0 aliphatic heterocycles. The van der Waals surface area contributed by atoms with Crippen molar-refractivity contribution in [3.63, 3.8) is 0 Å². The Balaban J connectivity index is 1.75. The molecule has 0 bridgehead atoms. The van der Waals surface area contributed by atoms with E-state index in [9.17, 15) is 0 Å². The maximum atomic E-state index is 6.34. The topological polar surface area (TPSA) is 12.0 Å². The lowest BCUT2D eigenvalue weighted by atomic mass is 9.89. The van der Waals surface area contributed by atoms with E-state index in [2.05, 4.69) is 45.5 Å². The van der Waals surface area contributed by atoms with Gasteiger partial charge in [-0.05, 0) is 43.0 Å². The Morgan fingerprint density at radius 3 is 2.88 bits per heavy atom. The molecule has 1 aliphatic carbocycles. The second-order valence-electron chi connectivity index (χ2n) is 4.82. The summed E-state index contributed by atoms with van der Waals surface area (Å²) in [5.41, 5.74) is 1.32. The molecule has 1 fully saturated rings. The summed E-state index contributed by atoms with van der Waals surface area (Å²) < 4.78 is 1.14. The highest BCUT2D eigenvalue weighted by atomic mass is 79.9. The third-order valence-electron chi connectivity index (χ3n) is 3.44. The molecule has 1 saturated carbocycles. The molecule has 0 saturated heterocycles. The lowest BCUT2D eigenvalue weighted by Crippen LogP contribution is -2.30. The number of nitrogens with one attached hydrogen (secondary N) is 1. The van der Waals surface area contributed by atoms with Gasteiger partial charge in [0.05, 0.1) is 0 Å².